The lowest BCUT2D eigenvalue weighted by Crippen LogP contribution is -2.73. The van der Waals surface area contributed by atoms with Gasteiger partial charge < -0.3 is 4.74 Å². The van der Waals surface area contributed by atoms with E-state index >= 15 is 0 Å². The topological polar surface area (TPSA) is 105 Å². The predicted molar refractivity (Wildman–Crippen MR) is 110 cm³/mol. The lowest BCUT2D eigenvalue weighted by atomic mass is 9.81. The Morgan fingerprint density at radius 3 is 1.90 bits per heavy atom. The molecule has 2 fully saturated rings. The standard InChI is InChI=1S/C22H21N3O5S/c1-20(2)21(3,25-17(26)22(23-24-22)18(25)31(20,28)29)19(27)30-16(14-10-6-4-7-11-14)15-12-8-5-9-13-15/h4-13,16,18H,1-3H3/t18-,21-/m0/s1. The first-order valence-electron chi connectivity index (χ1n) is 9.91. The van der Waals surface area contributed by atoms with E-state index in [-0.39, 0.29) is 0 Å². The molecule has 0 radical (unpaired) electrons. The van der Waals surface area contributed by atoms with Crippen LogP contribution in [0.3, 0.4) is 0 Å². The van der Waals surface area contributed by atoms with Gasteiger partial charge in [0.2, 0.25) is 0 Å². The Bertz CT molecular complexity index is 1180. The largest absolute Gasteiger partial charge is 0.451 e. The van der Waals surface area contributed by atoms with Crippen molar-refractivity contribution in [3.8, 4) is 0 Å². The molecule has 160 valence electrons. The van der Waals surface area contributed by atoms with E-state index in [1.807, 2.05) is 60.7 Å². The van der Waals surface area contributed by atoms with E-state index in [1.165, 1.54) is 20.8 Å². The van der Waals surface area contributed by atoms with E-state index in [0.717, 1.165) is 16.0 Å². The molecular weight excluding hydrogens is 418 g/mol. The number of hydrogen-bond donors (Lipinski definition) is 0. The smallest absolute Gasteiger partial charge is 0.334 e. The van der Waals surface area contributed by atoms with Crippen molar-refractivity contribution in [3.63, 3.8) is 0 Å². The van der Waals surface area contributed by atoms with Gasteiger partial charge in [-0.05, 0) is 31.9 Å². The molecule has 0 bridgehead atoms. The van der Waals surface area contributed by atoms with Crippen molar-refractivity contribution < 1.29 is 22.7 Å². The first-order chi connectivity index (χ1) is 14.6. The molecule has 3 heterocycles. The number of fused-ring (bicyclic) bond motifs is 2. The number of amides is 1. The molecule has 0 aliphatic carbocycles. The molecule has 5 rings (SSSR count). The van der Waals surface area contributed by atoms with E-state index in [4.69, 9.17) is 4.74 Å². The summed E-state index contributed by atoms with van der Waals surface area (Å²) in [6, 6.07) is 18.4. The van der Waals surface area contributed by atoms with Gasteiger partial charge in [0.05, 0.1) is 0 Å². The SMILES string of the molecule is CC1(C)[C@](C)(C(=O)OC(c2ccccc2)c2ccccc2)N2C(=O)C3(N=N3)[C@@H]2S1(=O)=O. The Kier molecular flexibility index (Phi) is 3.85. The van der Waals surface area contributed by atoms with Crippen molar-refractivity contribution in [1.82, 2.24) is 4.90 Å². The second-order valence-electron chi connectivity index (χ2n) is 8.69. The molecule has 2 aromatic rings. The number of β-lactam (4-membered cyclic amide) rings is 1. The Hall–Kier alpha value is -3.07. The number of esters is 1. The molecule has 0 N–H and O–H groups in total. The third-order valence-corrected chi connectivity index (χ3v) is 9.86. The summed E-state index contributed by atoms with van der Waals surface area (Å²) in [5, 5.41) is 6.14. The first kappa shape index (κ1) is 19.9. The Balaban J connectivity index is 1.56. The normalized spacial score (nSPS) is 28.3. The molecule has 0 aromatic heterocycles. The Morgan fingerprint density at radius 1 is 0.968 bits per heavy atom. The van der Waals surface area contributed by atoms with Gasteiger partial charge in [-0.3, -0.25) is 9.69 Å². The lowest BCUT2D eigenvalue weighted by Gasteiger charge is -2.46. The molecule has 9 heteroatoms. The molecule has 1 spiro atoms. The highest BCUT2D eigenvalue weighted by molar-refractivity contribution is 7.94. The number of carbonyl (C=O) groups excluding carboxylic acids is 2. The maximum absolute atomic E-state index is 13.7. The Labute approximate surface area is 179 Å². The van der Waals surface area contributed by atoms with Crippen LogP contribution in [-0.2, 0) is 24.2 Å². The lowest BCUT2D eigenvalue weighted by molar-refractivity contribution is -0.177. The summed E-state index contributed by atoms with van der Waals surface area (Å²) in [4.78, 5) is 27.6. The van der Waals surface area contributed by atoms with E-state index in [0.29, 0.717) is 0 Å². The summed E-state index contributed by atoms with van der Waals surface area (Å²) in [6.07, 6.45) is -0.759. The average molecular weight is 439 g/mol. The zero-order valence-corrected chi connectivity index (χ0v) is 18.0. The second kappa shape index (κ2) is 6.00. The zero-order chi connectivity index (χ0) is 22.2. The fourth-order valence-corrected chi connectivity index (χ4v) is 7.04. The van der Waals surface area contributed by atoms with E-state index < -0.39 is 49.1 Å². The van der Waals surface area contributed by atoms with Crippen LogP contribution in [0.15, 0.2) is 70.9 Å². The van der Waals surface area contributed by atoms with Crippen LogP contribution in [0.25, 0.3) is 0 Å². The van der Waals surface area contributed by atoms with Crippen LogP contribution in [0.4, 0.5) is 0 Å². The Morgan fingerprint density at radius 2 is 1.45 bits per heavy atom. The van der Waals surface area contributed by atoms with Gasteiger partial charge >= 0.3 is 11.6 Å². The average Bonchev–Trinajstić information content (AvgIpc) is 3.56. The first-order valence-corrected chi connectivity index (χ1v) is 11.5. The number of ether oxygens (including phenoxy) is 1. The highest BCUT2D eigenvalue weighted by Gasteiger charge is 2.87. The molecule has 2 saturated heterocycles. The highest BCUT2D eigenvalue weighted by atomic mass is 32.2. The van der Waals surface area contributed by atoms with Gasteiger partial charge in [-0.2, -0.15) is 0 Å². The number of carbonyl (C=O) groups is 2. The van der Waals surface area contributed by atoms with Gasteiger partial charge in [-0.1, -0.05) is 60.7 Å². The summed E-state index contributed by atoms with van der Waals surface area (Å²) in [5.74, 6) is -1.37. The number of rotatable bonds is 4. The molecule has 2 atom stereocenters. The summed E-state index contributed by atoms with van der Waals surface area (Å²) in [5.41, 5.74) is -1.83. The third-order valence-electron chi connectivity index (χ3n) is 6.91. The number of benzene rings is 2. The highest BCUT2D eigenvalue weighted by Crippen LogP contribution is 2.61. The van der Waals surface area contributed by atoms with Gasteiger partial charge in [-0.15, -0.1) is 10.2 Å². The molecule has 3 aliphatic heterocycles. The van der Waals surface area contributed by atoms with Crippen LogP contribution in [0, 0.1) is 0 Å². The summed E-state index contributed by atoms with van der Waals surface area (Å²) in [7, 11) is -3.94. The summed E-state index contributed by atoms with van der Waals surface area (Å²) >= 11 is 0. The minimum atomic E-state index is -3.94. The van der Waals surface area contributed by atoms with Crippen LogP contribution >= 0.6 is 0 Å². The quantitative estimate of drug-likeness (QED) is 0.538. The number of hydrogen-bond acceptors (Lipinski definition) is 7. The van der Waals surface area contributed by atoms with Crippen LogP contribution in [-0.4, -0.2) is 46.5 Å². The van der Waals surface area contributed by atoms with Crippen molar-refractivity contribution in [3.05, 3.63) is 71.8 Å². The van der Waals surface area contributed by atoms with Gasteiger partial charge in [0.1, 0.15) is 4.75 Å². The molecule has 1 amide bonds. The van der Waals surface area contributed by atoms with Gasteiger partial charge in [-0.25, -0.2) is 13.2 Å². The van der Waals surface area contributed by atoms with Crippen molar-refractivity contribution >= 4 is 21.7 Å². The molecule has 0 saturated carbocycles. The maximum atomic E-state index is 13.7. The number of sulfone groups is 1. The minimum absolute atomic E-state index is 0.581. The molecule has 2 aromatic carbocycles. The van der Waals surface area contributed by atoms with E-state index in [9.17, 15) is 18.0 Å². The minimum Gasteiger partial charge on any atom is -0.451 e. The second-order valence-corrected chi connectivity index (χ2v) is 11.2. The fraction of sp³-hybridized carbons (Fsp3) is 0.364. The van der Waals surface area contributed by atoms with Gasteiger partial charge in [0.15, 0.2) is 26.9 Å². The number of nitrogens with zero attached hydrogens (tertiary/aromatic N) is 3. The maximum Gasteiger partial charge on any atom is 0.334 e. The van der Waals surface area contributed by atoms with Crippen LogP contribution in [0.2, 0.25) is 0 Å². The van der Waals surface area contributed by atoms with Gasteiger partial charge in [0.25, 0.3) is 5.91 Å². The van der Waals surface area contributed by atoms with Crippen molar-refractivity contribution in [2.75, 3.05) is 0 Å². The van der Waals surface area contributed by atoms with Crippen LogP contribution in [0.1, 0.15) is 38.0 Å². The van der Waals surface area contributed by atoms with Crippen molar-refractivity contribution in [1.29, 1.82) is 0 Å². The summed E-state index contributed by atoms with van der Waals surface area (Å²) in [6.45, 7) is 4.35. The predicted octanol–water partition coefficient (Wildman–Crippen LogP) is 2.62. The third kappa shape index (κ3) is 2.27. The van der Waals surface area contributed by atoms with E-state index in [2.05, 4.69) is 10.2 Å². The summed E-state index contributed by atoms with van der Waals surface area (Å²) < 4.78 is 31.0. The zero-order valence-electron chi connectivity index (χ0n) is 17.2. The molecular formula is C22H21N3O5S. The van der Waals surface area contributed by atoms with Gasteiger partial charge in [0, 0.05) is 0 Å². The monoisotopic (exact) mass is 439 g/mol. The fourth-order valence-electron chi connectivity index (χ4n) is 4.53. The van der Waals surface area contributed by atoms with Crippen molar-refractivity contribution in [2.45, 2.75) is 48.2 Å². The molecule has 0 unspecified atom stereocenters. The molecule has 3 aliphatic rings. The van der Waals surface area contributed by atoms with Crippen molar-refractivity contribution in [2.24, 2.45) is 10.2 Å². The molecule has 8 nitrogen and oxygen atoms in total. The van der Waals surface area contributed by atoms with Crippen LogP contribution < -0.4 is 0 Å². The molecule has 31 heavy (non-hydrogen) atoms. The van der Waals surface area contributed by atoms with Crippen LogP contribution in [0.5, 0.6) is 0 Å². The van der Waals surface area contributed by atoms with E-state index in [1.54, 1.807) is 0 Å².